The minimum absolute atomic E-state index is 0.175. The lowest BCUT2D eigenvalue weighted by Crippen LogP contribution is -2.13. The number of para-hydroxylation sites is 1. The lowest BCUT2D eigenvalue weighted by atomic mass is 9.81. The molecule has 0 fully saturated rings. The second kappa shape index (κ2) is 20.8. The molecule has 9 heteroatoms. The predicted octanol–water partition coefficient (Wildman–Crippen LogP) is 16.7. The molecule has 9 nitrogen and oxygen atoms in total. The molecule has 0 unspecified atom stereocenters. The minimum atomic E-state index is -0.175. The van der Waals surface area contributed by atoms with Gasteiger partial charge in [0.1, 0.15) is 0 Å². The summed E-state index contributed by atoms with van der Waals surface area (Å²) >= 11 is 0. The summed E-state index contributed by atoms with van der Waals surface area (Å²) in [5.74, 6) is 0. The average Bonchev–Trinajstić information content (AvgIpc) is 4.12. The average molecular weight is 1030 g/mol. The van der Waals surface area contributed by atoms with E-state index in [0.29, 0.717) is 89.0 Å². The van der Waals surface area contributed by atoms with E-state index < -0.39 is 0 Å². The molecule has 1 heterocycles. The molecule has 0 spiro atoms. The van der Waals surface area contributed by atoms with Gasteiger partial charge in [-0.05, 0) is 223 Å². The Hall–Kier alpha value is -12.1. The van der Waals surface area contributed by atoms with Gasteiger partial charge in [-0.2, -0.15) is 42.1 Å². The van der Waals surface area contributed by atoms with E-state index in [-0.39, 0.29) is 5.41 Å². The van der Waals surface area contributed by atoms with E-state index in [1.807, 2.05) is 36.4 Å². The van der Waals surface area contributed by atoms with Gasteiger partial charge in [-0.1, -0.05) is 75.4 Å². The smallest absolute Gasteiger partial charge is 0.0992 e. The molecular formula is C72H41N9. The van der Waals surface area contributed by atoms with Crippen LogP contribution in [0, 0.1) is 90.6 Å². The van der Waals surface area contributed by atoms with Gasteiger partial charge < -0.3 is 4.57 Å². The second-order valence-corrected chi connectivity index (χ2v) is 20.8. The summed E-state index contributed by atoms with van der Waals surface area (Å²) < 4.78 is 2.30. The zero-order valence-corrected chi connectivity index (χ0v) is 44.0. The fourth-order valence-electron chi connectivity index (χ4n) is 10.9. The van der Waals surface area contributed by atoms with E-state index in [9.17, 15) is 42.1 Å². The van der Waals surface area contributed by atoms with Crippen LogP contribution in [-0.4, -0.2) is 4.57 Å². The fraction of sp³-hybridized carbons (Fsp3) is 0.0556. The molecule has 0 saturated carbocycles. The van der Waals surface area contributed by atoms with Crippen molar-refractivity contribution < 1.29 is 0 Å². The van der Waals surface area contributed by atoms with Crippen molar-refractivity contribution in [3.8, 4) is 132 Å². The van der Waals surface area contributed by atoms with E-state index in [0.717, 1.165) is 60.9 Å². The Bertz CT molecular complexity index is 4280. The van der Waals surface area contributed by atoms with Crippen LogP contribution in [-0.2, 0) is 5.41 Å². The first-order chi connectivity index (χ1) is 39.3. The molecule has 374 valence electrons. The standard InChI is InChI=1S/C72H41N9/c1-72(2,3)68-10-6-4-8-64(68)65-9-5-7-11-69(65)81-70-14-12-52(58-28-60(54-20-44(36-73)16-45(21-54)37-74)32-61(29-58)55-22-46(38-75)17-47(23-55)39-76)34-66(70)67-35-53(13-15-71(67)81)59-30-62(56-24-48(40-77)18-49(25-56)41-78)33-63(31-59)57-26-50(42-79)19-51(27-57)43-80/h4-35H,1-3H3. The van der Waals surface area contributed by atoms with Crippen molar-refractivity contribution in [1.82, 2.24) is 4.57 Å². The molecule has 0 aliphatic heterocycles. The van der Waals surface area contributed by atoms with E-state index >= 15 is 0 Å². The zero-order chi connectivity index (χ0) is 56.5. The Morgan fingerprint density at radius 3 is 0.852 bits per heavy atom. The predicted molar refractivity (Wildman–Crippen MR) is 315 cm³/mol. The van der Waals surface area contributed by atoms with Gasteiger partial charge in [0.25, 0.3) is 0 Å². The summed E-state index contributed by atoms with van der Waals surface area (Å²) in [7, 11) is 0. The van der Waals surface area contributed by atoms with Crippen LogP contribution in [0.15, 0.2) is 194 Å². The molecule has 1 aromatic heterocycles. The molecule has 0 radical (unpaired) electrons. The van der Waals surface area contributed by atoms with Crippen LogP contribution in [0.3, 0.4) is 0 Å². The molecule has 0 N–H and O–H groups in total. The van der Waals surface area contributed by atoms with Crippen LogP contribution >= 0.6 is 0 Å². The number of hydrogen-bond acceptors (Lipinski definition) is 8. The van der Waals surface area contributed by atoms with Crippen molar-refractivity contribution in [1.29, 1.82) is 42.1 Å². The number of nitriles is 8. The van der Waals surface area contributed by atoms with Crippen LogP contribution in [0.1, 0.15) is 70.8 Å². The molecule has 11 aromatic rings. The van der Waals surface area contributed by atoms with Gasteiger partial charge in [-0.25, -0.2) is 0 Å². The maximum atomic E-state index is 10.0. The molecule has 81 heavy (non-hydrogen) atoms. The molecule has 0 aliphatic rings. The zero-order valence-electron chi connectivity index (χ0n) is 44.0. The Morgan fingerprint density at radius 2 is 0.543 bits per heavy atom. The highest BCUT2D eigenvalue weighted by Crippen LogP contribution is 2.44. The number of nitrogens with zero attached hydrogens (tertiary/aromatic N) is 9. The summed E-state index contributed by atoms with van der Waals surface area (Å²) in [5.41, 5.74) is 17.3. The lowest BCUT2D eigenvalue weighted by Gasteiger charge is -2.24. The topological polar surface area (TPSA) is 195 Å². The molecule has 0 aliphatic carbocycles. The summed E-state index contributed by atoms with van der Waals surface area (Å²) in [5, 5.41) is 82.2. The summed E-state index contributed by atoms with van der Waals surface area (Å²) in [6.07, 6.45) is 0. The van der Waals surface area contributed by atoms with Crippen molar-refractivity contribution in [3.63, 3.8) is 0 Å². The highest BCUT2D eigenvalue weighted by atomic mass is 15.0. The van der Waals surface area contributed by atoms with E-state index in [1.165, 1.54) is 5.56 Å². The number of aromatic nitrogens is 1. The molecule has 0 bridgehead atoms. The van der Waals surface area contributed by atoms with Crippen molar-refractivity contribution in [2.75, 3.05) is 0 Å². The third kappa shape index (κ3) is 9.76. The molecule has 10 aromatic carbocycles. The van der Waals surface area contributed by atoms with Crippen LogP contribution in [0.5, 0.6) is 0 Å². The maximum Gasteiger partial charge on any atom is 0.0992 e. The largest absolute Gasteiger partial charge is 0.309 e. The number of benzene rings is 10. The van der Waals surface area contributed by atoms with Crippen molar-refractivity contribution >= 4 is 21.8 Å². The maximum absolute atomic E-state index is 10.0. The third-order valence-electron chi connectivity index (χ3n) is 14.6. The molecular weight excluding hydrogens is 991 g/mol. The normalized spacial score (nSPS) is 10.8. The Morgan fingerprint density at radius 1 is 0.272 bits per heavy atom. The van der Waals surface area contributed by atoms with Crippen LogP contribution in [0.4, 0.5) is 0 Å². The summed E-state index contributed by atoms with van der Waals surface area (Å²) in [6.45, 7) is 6.65. The van der Waals surface area contributed by atoms with E-state index in [1.54, 1.807) is 72.8 Å². The first-order valence-corrected chi connectivity index (χ1v) is 25.7. The van der Waals surface area contributed by atoms with E-state index in [4.69, 9.17) is 0 Å². The highest BCUT2D eigenvalue weighted by molar-refractivity contribution is 6.12. The number of fused-ring (bicyclic) bond motifs is 3. The first-order valence-electron chi connectivity index (χ1n) is 25.7. The lowest BCUT2D eigenvalue weighted by molar-refractivity contribution is 0.592. The van der Waals surface area contributed by atoms with Crippen LogP contribution < -0.4 is 0 Å². The Labute approximate surface area is 468 Å². The SMILES string of the molecule is CC(C)(C)c1ccccc1-c1ccccc1-n1c2ccc(-c3cc(-c4cc(C#N)cc(C#N)c4)cc(-c4cc(C#N)cc(C#N)c4)c3)cc2c2cc(-c3cc(-c4cc(C#N)cc(C#N)c4)cc(-c4cc(C#N)cc(C#N)c4)c3)ccc21. The number of hydrogen-bond donors (Lipinski definition) is 0. The van der Waals surface area contributed by atoms with Gasteiger partial charge in [0.15, 0.2) is 0 Å². The van der Waals surface area contributed by atoms with Gasteiger partial charge in [-0.15, -0.1) is 0 Å². The monoisotopic (exact) mass is 1030 g/mol. The van der Waals surface area contributed by atoms with Gasteiger partial charge >= 0.3 is 0 Å². The van der Waals surface area contributed by atoms with Crippen molar-refractivity contribution in [2.45, 2.75) is 26.2 Å². The molecule has 0 atom stereocenters. The van der Waals surface area contributed by atoms with Crippen molar-refractivity contribution in [2.24, 2.45) is 0 Å². The van der Waals surface area contributed by atoms with E-state index in [2.05, 4.69) is 159 Å². The van der Waals surface area contributed by atoms with Gasteiger partial charge in [-0.3, -0.25) is 0 Å². The Kier molecular flexibility index (Phi) is 13.1. The van der Waals surface area contributed by atoms with Crippen LogP contribution in [0.25, 0.3) is 105 Å². The molecule has 11 rings (SSSR count). The highest BCUT2D eigenvalue weighted by Gasteiger charge is 2.23. The molecule has 0 amide bonds. The summed E-state index contributed by atoms with van der Waals surface area (Å²) in [6, 6.07) is 79.4. The number of rotatable bonds is 8. The van der Waals surface area contributed by atoms with Gasteiger partial charge in [0.05, 0.1) is 110 Å². The quantitative estimate of drug-likeness (QED) is 0.143. The van der Waals surface area contributed by atoms with Gasteiger partial charge in [0, 0.05) is 16.3 Å². The first kappa shape index (κ1) is 51.0. The minimum Gasteiger partial charge on any atom is -0.309 e. The molecule has 0 saturated heterocycles. The third-order valence-corrected chi connectivity index (χ3v) is 14.6. The summed E-state index contributed by atoms with van der Waals surface area (Å²) in [4.78, 5) is 0. The fourth-order valence-corrected chi connectivity index (χ4v) is 10.9. The second-order valence-electron chi connectivity index (χ2n) is 20.8. The van der Waals surface area contributed by atoms with Crippen molar-refractivity contribution in [3.05, 3.63) is 244 Å². The Balaban J connectivity index is 1.21. The van der Waals surface area contributed by atoms with Gasteiger partial charge in [0.2, 0.25) is 0 Å². The van der Waals surface area contributed by atoms with Crippen LogP contribution in [0.2, 0.25) is 0 Å².